The van der Waals surface area contributed by atoms with Crippen molar-refractivity contribution in [2.24, 2.45) is 0 Å². The molecule has 4 aromatic rings. The van der Waals surface area contributed by atoms with Crippen LogP contribution in [-0.2, 0) is 78.5 Å². The molecule has 0 radical (unpaired) electrons. The fourth-order valence-corrected chi connectivity index (χ4v) is 22.1. The van der Waals surface area contributed by atoms with Crippen molar-refractivity contribution < 1.29 is 65.4 Å². The van der Waals surface area contributed by atoms with Crippen LogP contribution in [0.3, 0.4) is 0 Å². The van der Waals surface area contributed by atoms with Crippen molar-refractivity contribution in [2.45, 2.75) is 133 Å². The van der Waals surface area contributed by atoms with Crippen LogP contribution in [0.25, 0.3) is 19.9 Å². The maximum Gasteiger partial charge on any atom is 3.00 e. The van der Waals surface area contributed by atoms with E-state index in [0.717, 1.165) is 22.8 Å². The van der Waals surface area contributed by atoms with Crippen molar-refractivity contribution in [1.29, 1.82) is 0 Å². The van der Waals surface area contributed by atoms with Crippen molar-refractivity contribution in [2.75, 3.05) is 0 Å². The van der Waals surface area contributed by atoms with E-state index in [1.165, 1.54) is 33.4 Å². The van der Waals surface area contributed by atoms with Crippen LogP contribution in [0.5, 0.6) is 0 Å². The third-order valence-corrected chi connectivity index (χ3v) is 17.4. The minimum Gasteiger partial charge on any atom is -0.682 e. The normalized spacial score (nSPS) is 11.3. The van der Waals surface area contributed by atoms with Gasteiger partial charge in [0.1, 0.15) is 0 Å². The van der Waals surface area contributed by atoms with Gasteiger partial charge in [0.25, 0.3) is 0 Å². The van der Waals surface area contributed by atoms with Gasteiger partial charge in [-0.25, -0.2) is 0 Å². The SMILES string of the molecule is C[Si](C)(C)[N-][Si](C)(C)C.C[Si](C)(C)[N-][Si](C)(C)C.Cc1cc(C)c([N-]Cc2ccc[n-]2)c(C)c1.Cc1cc(C)c([N-]Cc2ccc[n-]2)c(C)c1.[Y+3].[Y+3]. The summed E-state index contributed by atoms with van der Waals surface area (Å²) >= 11 is 0. The molecule has 2 aromatic carbocycles. The van der Waals surface area contributed by atoms with Crippen molar-refractivity contribution in [3.63, 3.8) is 0 Å². The van der Waals surface area contributed by atoms with Crippen molar-refractivity contribution in [3.05, 3.63) is 126 Å². The Morgan fingerprint density at radius 2 is 0.692 bits per heavy atom. The molecule has 52 heavy (non-hydrogen) atoms. The maximum absolute atomic E-state index is 4.82. The Balaban J connectivity index is 0. The van der Waals surface area contributed by atoms with E-state index in [4.69, 9.17) is 9.30 Å². The molecular weight excluding hydrogens is 855 g/mol. The molecule has 0 saturated carbocycles. The zero-order valence-corrected chi connectivity index (χ0v) is 45.7. The fourth-order valence-electron chi connectivity index (χ4n) is 6.04. The first-order chi connectivity index (χ1) is 22.7. The molecule has 0 aliphatic rings. The van der Waals surface area contributed by atoms with E-state index in [9.17, 15) is 0 Å². The van der Waals surface area contributed by atoms with E-state index in [0.29, 0.717) is 13.1 Å². The van der Waals surface area contributed by atoms with Crippen molar-refractivity contribution >= 4 is 44.3 Å². The van der Waals surface area contributed by atoms with Gasteiger partial charge in [0.05, 0.1) is 0 Å². The molecular formula is C40H68N6Si4Y2. The van der Waals surface area contributed by atoms with Crippen LogP contribution in [0, 0.1) is 41.5 Å². The Hall–Kier alpha value is -0.405. The number of rotatable bonds is 10. The molecule has 4 rings (SSSR count). The molecule has 0 amide bonds. The first-order valence-corrected chi connectivity index (χ1v) is 31.7. The molecule has 280 valence electrons. The zero-order chi connectivity index (χ0) is 38.5. The molecule has 0 spiro atoms. The monoisotopic (exact) mass is 922 g/mol. The van der Waals surface area contributed by atoms with Crippen LogP contribution in [0.1, 0.15) is 44.8 Å². The molecule has 6 nitrogen and oxygen atoms in total. The zero-order valence-electron chi connectivity index (χ0n) is 36.0. The summed E-state index contributed by atoms with van der Waals surface area (Å²) in [5.74, 6) is 0. The van der Waals surface area contributed by atoms with Crippen molar-refractivity contribution in [1.82, 2.24) is 9.97 Å². The molecule has 2 heterocycles. The molecule has 0 unspecified atom stereocenters. The van der Waals surface area contributed by atoms with Crippen LogP contribution in [-0.4, -0.2) is 32.9 Å². The number of aromatic nitrogens is 2. The number of benzene rings is 2. The summed E-state index contributed by atoms with van der Waals surface area (Å²) in [7, 11) is -4.42. The van der Waals surface area contributed by atoms with Gasteiger partial charge in [0, 0.05) is 0 Å². The molecule has 0 bridgehead atoms. The average Bonchev–Trinajstić information content (AvgIpc) is 3.59. The van der Waals surface area contributed by atoms with Crippen LogP contribution in [0.2, 0.25) is 78.6 Å². The molecule has 0 fully saturated rings. The Labute approximate surface area is 374 Å². The van der Waals surface area contributed by atoms with E-state index >= 15 is 0 Å². The first kappa shape index (κ1) is 53.7. The fraction of sp³-hybridized carbons (Fsp3) is 0.500. The number of nitrogens with zero attached hydrogens (tertiary/aromatic N) is 6. The summed E-state index contributed by atoms with van der Waals surface area (Å²) in [5, 5.41) is 9.25. The minimum absolute atomic E-state index is 0. The Morgan fingerprint density at radius 3 is 0.865 bits per heavy atom. The standard InChI is InChI=1S/2C14H16N2.2C6H18NSi2.2Y/c2*1-10-7-11(2)14(12(3)8-10)16-9-13-5-4-6-15-13;2*1-8(2,3)7-9(4,5)6;;/h2*4-8H,9H2,1-3H3;2*1-6H3;;/q2*-2;2*-1;2*+3. The van der Waals surface area contributed by atoms with E-state index in [2.05, 4.69) is 165 Å². The summed E-state index contributed by atoms with van der Waals surface area (Å²) in [6, 6.07) is 16.6. The molecule has 0 atom stereocenters. The summed E-state index contributed by atoms with van der Waals surface area (Å²) in [5.41, 5.74) is 11.8. The minimum atomic E-state index is -1.11. The first-order valence-electron chi connectivity index (χ1n) is 17.9. The second kappa shape index (κ2) is 24.3. The summed E-state index contributed by atoms with van der Waals surface area (Å²) in [4.78, 5) is 8.43. The number of aryl methyl sites for hydroxylation is 6. The smallest absolute Gasteiger partial charge is 0.682 e. The van der Waals surface area contributed by atoms with Gasteiger partial charge in [-0.3, -0.25) is 0 Å². The molecule has 0 aliphatic carbocycles. The van der Waals surface area contributed by atoms with Crippen molar-refractivity contribution in [3.8, 4) is 0 Å². The molecule has 2 aromatic heterocycles. The van der Waals surface area contributed by atoms with Gasteiger partial charge in [0.2, 0.25) is 0 Å². The van der Waals surface area contributed by atoms with Gasteiger partial charge in [-0.15, -0.1) is 24.5 Å². The number of hydrogen-bond acceptors (Lipinski definition) is 0. The van der Waals surface area contributed by atoms with Gasteiger partial charge in [-0.05, 0) is 41.5 Å². The van der Waals surface area contributed by atoms with Crippen LogP contribution in [0.4, 0.5) is 11.4 Å². The molecule has 0 saturated heterocycles. The van der Waals surface area contributed by atoms with Gasteiger partial charge in [0.15, 0.2) is 0 Å². The third kappa shape index (κ3) is 25.6. The Kier molecular flexibility index (Phi) is 25.1. The quantitative estimate of drug-likeness (QED) is 0.148. The number of hydrogen-bond donors (Lipinski definition) is 0. The third-order valence-electron chi connectivity index (χ3n) is 6.64. The maximum atomic E-state index is 4.82. The molecule has 0 N–H and O–H groups in total. The second-order valence-electron chi connectivity index (χ2n) is 17.3. The van der Waals surface area contributed by atoms with Crippen LogP contribution >= 0.6 is 0 Å². The largest absolute Gasteiger partial charge is 3.00 e. The summed E-state index contributed by atoms with van der Waals surface area (Å²) < 4.78 is 9.64. The van der Waals surface area contributed by atoms with Gasteiger partial charge >= 0.3 is 65.4 Å². The van der Waals surface area contributed by atoms with E-state index in [-0.39, 0.29) is 65.4 Å². The predicted molar refractivity (Wildman–Crippen MR) is 234 cm³/mol. The summed E-state index contributed by atoms with van der Waals surface area (Å²) in [6.45, 7) is 41.6. The Bertz CT molecular complexity index is 1360. The average molecular weight is 923 g/mol. The topological polar surface area (TPSA) is 84.6 Å². The second-order valence-corrected chi connectivity index (χ2v) is 36.4. The van der Waals surface area contributed by atoms with Gasteiger partial charge in [-0.1, -0.05) is 193 Å². The molecule has 12 heteroatoms. The predicted octanol–water partition coefficient (Wildman–Crippen LogP) is 13.6. The van der Waals surface area contributed by atoms with E-state index < -0.39 is 32.9 Å². The summed E-state index contributed by atoms with van der Waals surface area (Å²) in [6.07, 6.45) is 3.61. The molecule has 0 aliphatic heterocycles. The van der Waals surface area contributed by atoms with Gasteiger partial charge in [-0.2, -0.15) is 23.8 Å². The van der Waals surface area contributed by atoms with E-state index in [1.54, 1.807) is 12.4 Å². The Morgan fingerprint density at radius 1 is 0.442 bits per heavy atom. The van der Waals surface area contributed by atoms with Crippen LogP contribution < -0.4 is 9.97 Å². The van der Waals surface area contributed by atoms with E-state index in [1.807, 2.05) is 24.3 Å². The van der Waals surface area contributed by atoms with Gasteiger partial charge < -0.3 is 29.9 Å². The van der Waals surface area contributed by atoms with Crippen LogP contribution in [0.15, 0.2) is 60.9 Å².